The molecular formula is C11H22FNO2S. The molecule has 1 N–H and O–H groups in total. The van der Waals surface area contributed by atoms with E-state index in [0.717, 1.165) is 19.4 Å². The molecule has 0 saturated carbocycles. The molecule has 0 aromatic rings. The second-order valence-corrected chi connectivity index (χ2v) is 7.50. The van der Waals surface area contributed by atoms with Crippen LogP contribution in [0.4, 0.5) is 4.39 Å². The third kappa shape index (κ3) is 4.01. The van der Waals surface area contributed by atoms with Gasteiger partial charge in [0.25, 0.3) is 0 Å². The summed E-state index contributed by atoms with van der Waals surface area (Å²) in [5.41, 5.74) is 0. The summed E-state index contributed by atoms with van der Waals surface area (Å²) in [4.78, 5) is 0. The fraction of sp³-hybridized carbons (Fsp3) is 1.00. The average molecular weight is 251 g/mol. The average Bonchev–Trinajstić information content (AvgIpc) is 2.27. The van der Waals surface area contributed by atoms with Crippen molar-refractivity contribution in [2.75, 3.05) is 18.8 Å². The molecule has 0 aliphatic carbocycles. The molecule has 1 fully saturated rings. The minimum atomic E-state index is -3.09. The normalized spacial score (nSPS) is 24.6. The first-order valence-corrected chi connectivity index (χ1v) is 7.71. The Hall–Kier alpha value is -0.160. The van der Waals surface area contributed by atoms with Crippen LogP contribution < -0.4 is 5.32 Å². The minimum absolute atomic E-state index is 0.00360. The number of alkyl halides is 1. The lowest BCUT2D eigenvalue weighted by atomic mass is 9.93. The fourth-order valence-corrected chi connectivity index (χ4v) is 2.96. The highest BCUT2D eigenvalue weighted by atomic mass is 32.2. The summed E-state index contributed by atoms with van der Waals surface area (Å²) < 4.78 is 36.8. The lowest BCUT2D eigenvalue weighted by Gasteiger charge is -2.25. The second kappa shape index (κ2) is 5.96. The number of hydrogen-bond acceptors (Lipinski definition) is 3. The van der Waals surface area contributed by atoms with Crippen molar-refractivity contribution >= 4 is 9.84 Å². The molecule has 0 radical (unpaired) electrons. The van der Waals surface area contributed by atoms with Gasteiger partial charge < -0.3 is 5.32 Å². The maximum Gasteiger partial charge on any atom is 0.152 e. The first kappa shape index (κ1) is 13.9. The van der Waals surface area contributed by atoms with Crippen molar-refractivity contribution in [3.8, 4) is 0 Å². The van der Waals surface area contributed by atoms with Gasteiger partial charge in [0.2, 0.25) is 0 Å². The molecule has 0 spiro atoms. The maximum absolute atomic E-state index is 13.8. The van der Waals surface area contributed by atoms with Crippen LogP contribution in [0, 0.1) is 5.92 Å². The first-order chi connectivity index (χ1) is 7.43. The Morgan fingerprint density at radius 2 is 2.12 bits per heavy atom. The molecule has 0 amide bonds. The molecule has 0 bridgehead atoms. The van der Waals surface area contributed by atoms with Gasteiger partial charge in [-0.05, 0) is 39.7 Å². The largest absolute Gasteiger partial charge is 0.316 e. The van der Waals surface area contributed by atoms with Gasteiger partial charge in [-0.1, -0.05) is 0 Å². The summed E-state index contributed by atoms with van der Waals surface area (Å²) in [6, 6.07) is 0. The van der Waals surface area contributed by atoms with E-state index in [1.807, 2.05) is 0 Å². The van der Waals surface area contributed by atoms with Crippen molar-refractivity contribution in [2.45, 2.75) is 44.5 Å². The summed E-state index contributed by atoms with van der Waals surface area (Å²) in [6.07, 6.45) is 1.02. The molecule has 16 heavy (non-hydrogen) atoms. The number of piperidine rings is 1. The number of sulfone groups is 1. The highest BCUT2D eigenvalue weighted by Gasteiger charge is 2.25. The molecule has 1 rings (SSSR count). The Balaban J connectivity index is 2.37. The molecule has 1 aliphatic rings. The van der Waals surface area contributed by atoms with Gasteiger partial charge in [0.15, 0.2) is 9.84 Å². The van der Waals surface area contributed by atoms with Crippen LogP contribution in [-0.2, 0) is 9.84 Å². The van der Waals surface area contributed by atoms with Crippen molar-refractivity contribution in [1.29, 1.82) is 0 Å². The summed E-state index contributed by atoms with van der Waals surface area (Å²) >= 11 is 0. The van der Waals surface area contributed by atoms with E-state index in [2.05, 4.69) is 5.32 Å². The van der Waals surface area contributed by atoms with Crippen LogP contribution in [0.25, 0.3) is 0 Å². The van der Waals surface area contributed by atoms with Gasteiger partial charge in [0, 0.05) is 12.5 Å². The first-order valence-electron chi connectivity index (χ1n) is 6.00. The Bertz CT molecular complexity index is 297. The summed E-state index contributed by atoms with van der Waals surface area (Å²) in [5.74, 6) is -0.0291. The van der Waals surface area contributed by atoms with E-state index in [9.17, 15) is 12.8 Å². The Morgan fingerprint density at radius 1 is 1.44 bits per heavy atom. The maximum atomic E-state index is 13.8. The van der Waals surface area contributed by atoms with Gasteiger partial charge in [-0.25, -0.2) is 12.8 Å². The van der Waals surface area contributed by atoms with E-state index in [0.29, 0.717) is 6.54 Å². The second-order valence-electron chi connectivity index (χ2n) is 4.83. The van der Waals surface area contributed by atoms with Gasteiger partial charge in [-0.15, -0.1) is 0 Å². The van der Waals surface area contributed by atoms with E-state index in [-0.39, 0.29) is 18.1 Å². The van der Waals surface area contributed by atoms with Crippen LogP contribution in [0.1, 0.15) is 33.1 Å². The molecule has 0 aromatic heterocycles. The van der Waals surface area contributed by atoms with E-state index in [1.54, 1.807) is 13.8 Å². The van der Waals surface area contributed by atoms with Crippen molar-refractivity contribution in [2.24, 2.45) is 5.92 Å². The third-order valence-electron chi connectivity index (χ3n) is 3.24. The van der Waals surface area contributed by atoms with Crippen LogP contribution in [0.3, 0.4) is 0 Å². The quantitative estimate of drug-likeness (QED) is 0.806. The molecule has 2 unspecified atom stereocenters. The topological polar surface area (TPSA) is 46.2 Å². The molecule has 1 heterocycles. The van der Waals surface area contributed by atoms with Gasteiger partial charge >= 0.3 is 0 Å². The lowest BCUT2D eigenvalue weighted by molar-refractivity contribution is 0.187. The van der Waals surface area contributed by atoms with Crippen LogP contribution in [0.15, 0.2) is 0 Å². The number of hydrogen-bond donors (Lipinski definition) is 1. The van der Waals surface area contributed by atoms with Gasteiger partial charge in [0.05, 0.1) is 11.0 Å². The molecule has 3 nitrogen and oxygen atoms in total. The summed E-state index contributed by atoms with van der Waals surface area (Å²) in [5, 5.41) is 2.75. The van der Waals surface area contributed by atoms with E-state index < -0.39 is 21.3 Å². The minimum Gasteiger partial charge on any atom is -0.316 e. The molecule has 1 aliphatic heterocycles. The molecule has 96 valence electrons. The summed E-state index contributed by atoms with van der Waals surface area (Å²) in [6.45, 7) is 4.92. The molecular weight excluding hydrogens is 229 g/mol. The van der Waals surface area contributed by atoms with Crippen LogP contribution in [0.2, 0.25) is 0 Å². The highest BCUT2D eigenvalue weighted by Crippen LogP contribution is 2.20. The number of nitrogens with one attached hydrogen (secondary N) is 1. The zero-order valence-electron chi connectivity index (χ0n) is 10.1. The van der Waals surface area contributed by atoms with Gasteiger partial charge in [-0.3, -0.25) is 0 Å². The fourth-order valence-electron chi connectivity index (χ4n) is 1.94. The van der Waals surface area contributed by atoms with Crippen molar-refractivity contribution in [1.82, 2.24) is 5.32 Å². The zero-order valence-corrected chi connectivity index (χ0v) is 10.9. The van der Waals surface area contributed by atoms with E-state index in [4.69, 9.17) is 0 Å². The SMILES string of the molecule is CC(C)S(=O)(=O)CCC(F)C1CCCNC1. The zero-order chi connectivity index (χ0) is 12.2. The molecule has 1 saturated heterocycles. The van der Waals surface area contributed by atoms with Gasteiger partial charge in [0.1, 0.15) is 6.17 Å². The number of halogens is 1. The predicted molar refractivity (Wildman–Crippen MR) is 64.0 cm³/mol. The van der Waals surface area contributed by atoms with E-state index >= 15 is 0 Å². The smallest absolute Gasteiger partial charge is 0.152 e. The van der Waals surface area contributed by atoms with Crippen LogP contribution in [0.5, 0.6) is 0 Å². The van der Waals surface area contributed by atoms with Crippen molar-refractivity contribution in [3.05, 3.63) is 0 Å². The summed E-state index contributed by atoms with van der Waals surface area (Å²) in [7, 11) is -3.09. The Kier molecular flexibility index (Phi) is 5.18. The van der Waals surface area contributed by atoms with Crippen LogP contribution in [-0.4, -0.2) is 38.7 Å². The molecule has 2 atom stereocenters. The van der Waals surface area contributed by atoms with Crippen molar-refractivity contribution < 1.29 is 12.8 Å². The third-order valence-corrected chi connectivity index (χ3v) is 5.48. The standard InChI is InChI=1S/C11H22FNO2S/c1-9(2)16(14,15)7-5-11(12)10-4-3-6-13-8-10/h9-11,13H,3-8H2,1-2H3. The number of rotatable bonds is 5. The Labute approximate surface area is 97.7 Å². The van der Waals surface area contributed by atoms with E-state index in [1.165, 1.54) is 0 Å². The molecule has 5 heteroatoms. The van der Waals surface area contributed by atoms with Crippen molar-refractivity contribution in [3.63, 3.8) is 0 Å². The molecule has 0 aromatic carbocycles. The monoisotopic (exact) mass is 251 g/mol. The highest BCUT2D eigenvalue weighted by molar-refractivity contribution is 7.91. The predicted octanol–water partition coefficient (Wildman–Crippen LogP) is 1.54. The lowest BCUT2D eigenvalue weighted by Crippen LogP contribution is -2.36. The Morgan fingerprint density at radius 3 is 2.62 bits per heavy atom. The van der Waals surface area contributed by atoms with Gasteiger partial charge in [-0.2, -0.15) is 0 Å². The van der Waals surface area contributed by atoms with Crippen LogP contribution >= 0.6 is 0 Å².